The monoisotopic (exact) mass is 523 g/mol. The van der Waals surface area contributed by atoms with Gasteiger partial charge in [0.2, 0.25) is 0 Å². The van der Waals surface area contributed by atoms with Crippen LogP contribution in [0.4, 0.5) is 0 Å². The Morgan fingerprint density at radius 2 is 1.69 bits per heavy atom. The summed E-state index contributed by atoms with van der Waals surface area (Å²) in [6.45, 7) is 4.29. The predicted molar refractivity (Wildman–Crippen MR) is 149 cm³/mol. The SMILES string of the molecule is CCOc1cc([C@@H]2C(C(=O)OCCc3ccccc3)=C(C)NC3=C2C(=O)C[C@@H](c2ccccc2)C3)ccc1O. The van der Waals surface area contributed by atoms with Crippen LogP contribution in [-0.4, -0.2) is 30.1 Å². The highest BCUT2D eigenvalue weighted by Crippen LogP contribution is 2.47. The molecule has 1 aliphatic heterocycles. The number of phenolic OH excluding ortho intramolecular Hbond substituents is 1. The lowest BCUT2D eigenvalue weighted by Gasteiger charge is -2.36. The molecule has 0 radical (unpaired) electrons. The van der Waals surface area contributed by atoms with Crippen molar-refractivity contribution in [1.29, 1.82) is 0 Å². The quantitative estimate of drug-likeness (QED) is 0.356. The van der Waals surface area contributed by atoms with Crippen LogP contribution in [0, 0.1) is 0 Å². The number of rotatable bonds is 8. The summed E-state index contributed by atoms with van der Waals surface area (Å²) < 4.78 is 11.4. The normalized spacial score (nSPS) is 18.9. The molecule has 2 aliphatic rings. The summed E-state index contributed by atoms with van der Waals surface area (Å²) in [5.41, 5.74) is 5.37. The van der Waals surface area contributed by atoms with Gasteiger partial charge in [-0.05, 0) is 55.0 Å². The number of Topliss-reactive ketones (excluding diaryl/α,β-unsaturated/α-hetero) is 1. The van der Waals surface area contributed by atoms with Gasteiger partial charge in [0, 0.05) is 35.7 Å². The molecule has 2 N–H and O–H groups in total. The van der Waals surface area contributed by atoms with Crippen molar-refractivity contribution in [2.45, 2.75) is 44.9 Å². The Kier molecular flexibility index (Phi) is 7.82. The second-order valence-corrected chi connectivity index (χ2v) is 9.96. The van der Waals surface area contributed by atoms with Crippen LogP contribution in [0.1, 0.15) is 55.2 Å². The topological polar surface area (TPSA) is 84.9 Å². The number of phenols is 1. The third-order valence-electron chi connectivity index (χ3n) is 7.40. The van der Waals surface area contributed by atoms with Crippen molar-refractivity contribution in [3.63, 3.8) is 0 Å². The summed E-state index contributed by atoms with van der Waals surface area (Å²) in [6.07, 6.45) is 1.61. The molecule has 6 heteroatoms. The number of hydrogen-bond acceptors (Lipinski definition) is 6. The number of aromatic hydroxyl groups is 1. The number of dihydropyridines is 1. The zero-order valence-electron chi connectivity index (χ0n) is 22.3. The molecule has 1 heterocycles. The molecule has 0 amide bonds. The maximum atomic E-state index is 13.8. The molecule has 2 atom stereocenters. The van der Waals surface area contributed by atoms with E-state index < -0.39 is 11.9 Å². The smallest absolute Gasteiger partial charge is 0.336 e. The van der Waals surface area contributed by atoms with Gasteiger partial charge in [-0.1, -0.05) is 66.7 Å². The van der Waals surface area contributed by atoms with Crippen LogP contribution in [0.3, 0.4) is 0 Å². The van der Waals surface area contributed by atoms with Gasteiger partial charge in [-0.2, -0.15) is 0 Å². The first kappa shape index (κ1) is 26.3. The van der Waals surface area contributed by atoms with Gasteiger partial charge in [0.25, 0.3) is 0 Å². The van der Waals surface area contributed by atoms with Gasteiger partial charge in [0.05, 0.1) is 18.8 Å². The fourth-order valence-electron chi connectivity index (χ4n) is 5.57. The molecular formula is C33H33NO5. The summed E-state index contributed by atoms with van der Waals surface area (Å²) >= 11 is 0. The Morgan fingerprint density at radius 1 is 0.974 bits per heavy atom. The molecule has 0 bridgehead atoms. The molecule has 200 valence electrons. The minimum absolute atomic E-state index is 0.00396. The van der Waals surface area contributed by atoms with E-state index in [9.17, 15) is 14.7 Å². The standard InChI is InChI=1S/C33H33NO5/c1-3-38-29-20-24(14-15-27(29)35)31-30(33(37)39-17-16-22-10-6-4-7-11-22)21(2)34-26-18-25(19-28(36)32(26)31)23-12-8-5-9-13-23/h4-15,20,25,31,34-35H,3,16-19H2,1-2H3/t25-,31+/m0/s1. The van der Waals surface area contributed by atoms with Crippen LogP contribution in [0.25, 0.3) is 0 Å². The van der Waals surface area contributed by atoms with E-state index in [1.807, 2.05) is 62.4 Å². The van der Waals surface area contributed by atoms with E-state index in [-0.39, 0.29) is 24.1 Å². The Balaban J connectivity index is 1.50. The highest BCUT2D eigenvalue weighted by molar-refractivity contribution is 6.04. The average Bonchev–Trinajstić information content (AvgIpc) is 2.94. The third kappa shape index (κ3) is 5.60. The molecule has 3 aromatic carbocycles. The largest absolute Gasteiger partial charge is 0.504 e. The number of esters is 1. The van der Waals surface area contributed by atoms with Gasteiger partial charge in [-0.15, -0.1) is 0 Å². The number of nitrogens with one attached hydrogen (secondary N) is 1. The predicted octanol–water partition coefficient (Wildman–Crippen LogP) is 5.94. The van der Waals surface area contributed by atoms with Crippen molar-refractivity contribution in [2.75, 3.05) is 13.2 Å². The summed E-state index contributed by atoms with van der Waals surface area (Å²) in [7, 11) is 0. The average molecular weight is 524 g/mol. The molecule has 6 nitrogen and oxygen atoms in total. The number of ether oxygens (including phenoxy) is 2. The van der Waals surface area contributed by atoms with E-state index >= 15 is 0 Å². The van der Waals surface area contributed by atoms with Gasteiger partial charge in [0.15, 0.2) is 17.3 Å². The van der Waals surface area contributed by atoms with E-state index in [1.165, 1.54) is 0 Å². The number of benzene rings is 3. The number of carbonyl (C=O) groups excluding carboxylic acids is 2. The Morgan fingerprint density at radius 3 is 2.41 bits per heavy atom. The second-order valence-electron chi connectivity index (χ2n) is 9.96. The fraction of sp³-hybridized carbons (Fsp3) is 0.273. The number of allylic oxidation sites excluding steroid dienone is 3. The van der Waals surface area contributed by atoms with Crippen LogP contribution in [0.2, 0.25) is 0 Å². The minimum atomic E-state index is -0.630. The third-order valence-corrected chi connectivity index (χ3v) is 7.40. The molecule has 0 spiro atoms. The van der Waals surface area contributed by atoms with Crippen LogP contribution >= 0.6 is 0 Å². The molecular weight excluding hydrogens is 490 g/mol. The molecule has 0 unspecified atom stereocenters. The summed E-state index contributed by atoms with van der Waals surface area (Å²) in [5, 5.41) is 13.7. The first-order chi connectivity index (χ1) is 19.0. The lowest BCUT2D eigenvalue weighted by Crippen LogP contribution is -2.36. The van der Waals surface area contributed by atoms with Crippen molar-refractivity contribution >= 4 is 11.8 Å². The molecule has 0 fully saturated rings. The van der Waals surface area contributed by atoms with Crippen LogP contribution in [-0.2, 0) is 20.7 Å². The Bertz CT molecular complexity index is 1420. The molecule has 0 saturated heterocycles. The molecule has 39 heavy (non-hydrogen) atoms. The zero-order chi connectivity index (χ0) is 27.4. The maximum Gasteiger partial charge on any atom is 0.336 e. The molecule has 1 aliphatic carbocycles. The summed E-state index contributed by atoms with van der Waals surface area (Å²) in [6, 6.07) is 24.9. The zero-order valence-corrected chi connectivity index (χ0v) is 22.3. The number of carbonyl (C=O) groups is 2. The Hall–Kier alpha value is -4.32. The van der Waals surface area contributed by atoms with Gasteiger partial charge in [0.1, 0.15) is 0 Å². The minimum Gasteiger partial charge on any atom is -0.504 e. The Labute approximate surface area is 229 Å². The molecule has 3 aromatic rings. The van der Waals surface area contributed by atoms with E-state index in [0.29, 0.717) is 54.0 Å². The van der Waals surface area contributed by atoms with Gasteiger partial charge < -0.3 is 19.9 Å². The molecule has 0 aromatic heterocycles. The van der Waals surface area contributed by atoms with Crippen molar-refractivity contribution in [1.82, 2.24) is 5.32 Å². The fourth-order valence-corrected chi connectivity index (χ4v) is 5.57. The van der Waals surface area contributed by atoms with Crippen LogP contribution in [0.15, 0.2) is 101 Å². The van der Waals surface area contributed by atoms with Crippen molar-refractivity contribution in [2.24, 2.45) is 0 Å². The van der Waals surface area contributed by atoms with Crippen molar-refractivity contribution in [3.8, 4) is 11.5 Å². The maximum absolute atomic E-state index is 13.8. The van der Waals surface area contributed by atoms with E-state index in [1.54, 1.807) is 18.2 Å². The van der Waals surface area contributed by atoms with E-state index in [4.69, 9.17) is 9.47 Å². The number of hydrogen-bond donors (Lipinski definition) is 2. The first-order valence-electron chi connectivity index (χ1n) is 13.4. The van der Waals surface area contributed by atoms with Crippen molar-refractivity contribution in [3.05, 3.63) is 118 Å². The van der Waals surface area contributed by atoms with E-state index in [0.717, 1.165) is 16.8 Å². The highest BCUT2D eigenvalue weighted by Gasteiger charge is 2.41. The van der Waals surface area contributed by atoms with Crippen LogP contribution in [0.5, 0.6) is 11.5 Å². The summed E-state index contributed by atoms with van der Waals surface area (Å²) in [5.74, 6) is -0.718. The van der Waals surface area contributed by atoms with Crippen LogP contribution < -0.4 is 10.1 Å². The second kappa shape index (κ2) is 11.6. The molecule has 0 saturated carbocycles. The molecule has 5 rings (SSSR count). The van der Waals surface area contributed by atoms with E-state index in [2.05, 4.69) is 17.4 Å². The van der Waals surface area contributed by atoms with Gasteiger partial charge in [-0.3, -0.25) is 4.79 Å². The lowest BCUT2D eigenvalue weighted by atomic mass is 9.71. The number of ketones is 1. The first-order valence-corrected chi connectivity index (χ1v) is 13.4. The van der Waals surface area contributed by atoms with Gasteiger partial charge in [-0.25, -0.2) is 4.79 Å². The highest BCUT2D eigenvalue weighted by atomic mass is 16.5. The van der Waals surface area contributed by atoms with Crippen molar-refractivity contribution < 1.29 is 24.2 Å². The van der Waals surface area contributed by atoms with Gasteiger partial charge >= 0.3 is 5.97 Å². The lowest BCUT2D eigenvalue weighted by molar-refractivity contribution is -0.139. The summed E-state index contributed by atoms with van der Waals surface area (Å²) in [4.78, 5) is 27.4.